The molecule has 1 saturated heterocycles. The Morgan fingerprint density at radius 3 is 2.70 bits per heavy atom. The Hall–Kier alpha value is -2.22. The van der Waals surface area contributed by atoms with Crippen LogP contribution in [0.15, 0.2) is 12.4 Å². The molecule has 0 saturated carbocycles. The van der Waals surface area contributed by atoms with Crippen LogP contribution in [0.4, 0.5) is 0 Å². The van der Waals surface area contributed by atoms with Crippen LogP contribution >= 0.6 is 11.3 Å². The Morgan fingerprint density at radius 2 is 2.13 bits per heavy atom. The van der Waals surface area contributed by atoms with Crippen molar-refractivity contribution in [2.75, 3.05) is 13.1 Å². The number of thiazole rings is 1. The van der Waals surface area contributed by atoms with Crippen LogP contribution in [0.1, 0.15) is 22.3 Å². The molecule has 7 nitrogen and oxygen atoms in total. The Morgan fingerprint density at radius 1 is 1.39 bits per heavy atom. The molecule has 1 amide bonds. The lowest BCUT2D eigenvalue weighted by Gasteiger charge is -2.14. The molecular formula is C15H18N4O3S. The fourth-order valence-electron chi connectivity index (χ4n) is 2.85. The van der Waals surface area contributed by atoms with E-state index < -0.39 is 11.9 Å². The molecule has 0 unspecified atom stereocenters. The van der Waals surface area contributed by atoms with Crippen LogP contribution in [0.2, 0.25) is 0 Å². The SMILES string of the molecule is Cc1nc(-c2cnn(C)c2)sc1C(=O)N1C[C@@H](C)[C@H](C(=O)O)C1. The summed E-state index contributed by atoms with van der Waals surface area (Å²) in [4.78, 5) is 30.6. The van der Waals surface area contributed by atoms with Crippen molar-refractivity contribution in [2.45, 2.75) is 13.8 Å². The van der Waals surface area contributed by atoms with Gasteiger partial charge in [-0.05, 0) is 12.8 Å². The number of likely N-dealkylation sites (tertiary alicyclic amines) is 1. The highest BCUT2D eigenvalue weighted by molar-refractivity contribution is 7.17. The van der Waals surface area contributed by atoms with Crippen molar-refractivity contribution in [2.24, 2.45) is 18.9 Å². The Labute approximate surface area is 137 Å². The normalized spacial score (nSPS) is 20.9. The summed E-state index contributed by atoms with van der Waals surface area (Å²) < 4.78 is 1.69. The van der Waals surface area contributed by atoms with Crippen LogP contribution in [0.3, 0.4) is 0 Å². The summed E-state index contributed by atoms with van der Waals surface area (Å²) in [6, 6.07) is 0. The zero-order valence-electron chi connectivity index (χ0n) is 13.2. The van der Waals surface area contributed by atoms with Crippen molar-refractivity contribution in [3.8, 4) is 10.6 Å². The predicted molar refractivity (Wildman–Crippen MR) is 85.2 cm³/mol. The van der Waals surface area contributed by atoms with Gasteiger partial charge >= 0.3 is 5.97 Å². The van der Waals surface area contributed by atoms with Gasteiger partial charge in [-0.2, -0.15) is 5.10 Å². The minimum absolute atomic E-state index is 0.0394. The van der Waals surface area contributed by atoms with Crippen molar-refractivity contribution in [1.82, 2.24) is 19.7 Å². The third kappa shape index (κ3) is 2.86. The molecule has 2 aromatic rings. The number of aryl methyl sites for hydroxylation is 2. The first kappa shape index (κ1) is 15.7. The van der Waals surface area contributed by atoms with Crippen LogP contribution in [-0.4, -0.2) is 49.7 Å². The van der Waals surface area contributed by atoms with E-state index in [-0.39, 0.29) is 18.4 Å². The van der Waals surface area contributed by atoms with Crippen LogP contribution in [0, 0.1) is 18.8 Å². The number of carbonyl (C=O) groups is 2. The van der Waals surface area contributed by atoms with Crippen molar-refractivity contribution < 1.29 is 14.7 Å². The summed E-state index contributed by atoms with van der Waals surface area (Å²) in [7, 11) is 1.83. The third-order valence-corrected chi connectivity index (χ3v) is 5.35. The van der Waals surface area contributed by atoms with Gasteiger partial charge in [-0.25, -0.2) is 4.98 Å². The van der Waals surface area contributed by atoms with Gasteiger partial charge in [-0.15, -0.1) is 11.3 Å². The molecule has 8 heteroatoms. The molecule has 1 aliphatic rings. The second-order valence-electron chi connectivity index (χ2n) is 5.97. The van der Waals surface area contributed by atoms with Gasteiger partial charge in [-0.3, -0.25) is 14.3 Å². The molecule has 122 valence electrons. The Bertz CT molecular complexity index is 767. The standard InChI is InChI=1S/C15H18N4O3S/c1-8-5-19(7-11(8)15(21)22)14(20)12-9(2)17-13(23-12)10-4-16-18(3)6-10/h4,6,8,11H,5,7H2,1-3H3,(H,21,22)/t8-,11-/m1/s1. The smallest absolute Gasteiger partial charge is 0.308 e. The van der Waals surface area contributed by atoms with Gasteiger partial charge in [0, 0.05) is 31.9 Å². The van der Waals surface area contributed by atoms with E-state index in [1.165, 1.54) is 11.3 Å². The average Bonchev–Trinajstić information content (AvgIpc) is 3.16. The molecule has 3 rings (SSSR count). The van der Waals surface area contributed by atoms with Crippen molar-refractivity contribution in [3.63, 3.8) is 0 Å². The first-order valence-corrected chi connectivity index (χ1v) is 8.17. The maximum atomic E-state index is 12.7. The maximum Gasteiger partial charge on any atom is 0.308 e. The maximum absolute atomic E-state index is 12.7. The van der Waals surface area contributed by atoms with E-state index in [2.05, 4.69) is 10.1 Å². The van der Waals surface area contributed by atoms with Gasteiger partial charge in [0.1, 0.15) is 9.88 Å². The zero-order valence-corrected chi connectivity index (χ0v) is 14.0. The highest BCUT2D eigenvalue weighted by atomic mass is 32.1. The lowest BCUT2D eigenvalue weighted by Crippen LogP contribution is -2.29. The highest BCUT2D eigenvalue weighted by Crippen LogP contribution is 2.31. The second-order valence-corrected chi connectivity index (χ2v) is 6.97. The van der Waals surface area contributed by atoms with Gasteiger partial charge in [0.05, 0.1) is 17.8 Å². The lowest BCUT2D eigenvalue weighted by molar-refractivity contribution is -0.142. The number of rotatable bonds is 3. The number of carboxylic acids is 1. The number of aliphatic carboxylic acids is 1. The van der Waals surface area contributed by atoms with E-state index in [1.54, 1.807) is 22.7 Å². The van der Waals surface area contributed by atoms with Crippen molar-refractivity contribution in [3.05, 3.63) is 23.0 Å². The molecule has 0 bridgehead atoms. The largest absolute Gasteiger partial charge is 0.481 e. The highest BCUT2D eigenvalue weighted by Gasteiger charge is 2.38. The number of amides is 1. The van der Waals surface area contributed by atoms with Crippen molar-refractivity contribution >= 4 is 23.2 Å². The van der Waals surface area contributed by atoms with Gasteiger partial charge in [0.2, 0.25) is 0 Å². The molecule has 3 heterocycles. The van der Waals surface area contributed by atoms with Gasteiger partial charge in [0.25, 0.3) is 5.91 Å². The average molecular weight is 334 g/mol. The quantitative estimate of drug-likeness (QED) is 0.922. The number of hydrogen-bond acceptors (Lipinski definition) is 5. The first-order chi connectivity index (χ1) is 10.9. The molecule has 2 aromatic heterocycles. The van der Waals surface area contributed by atoms with Gasteiger partial charge in [-0.1, -0.05) is 6.92 Å². The van der Waals surface area contributed by atoms with E-state index in [9.17, 15) is 14.7 Å². The predicted octanol–water partition coefficient (Wildman–Crippen LogP) is 1.64. The first-order valence-electron chi connectivity index (χ1n) is 7.35. The molecular weight excluding hydrogens is 316 g/mol. The fraction of sp³-hybridized carbons (Fsp3) is 0.467. The summed E-state index contributed by atoms with van der Waals surface area (Å²) in [5, 5.41) is 14.1. The number of carboxylic acid groups (broad SMARTS) is 1. The fourth-order valence-corrected chi connectivity index (χ4v) is 3.86. The van der Waals surface area contributed by atoms with Gasteiger partial charge < -0.3 is 10.0 Å². The molecule has 1 aliphatic heterocycles. The molecule has 0 aliphatic carbocycles. The summed E-state index contributed by atoms with van der Waals surface area (Å²) >= 11 is 1.33. The number of aromatic nitrogens is 3. The van der Waals surface area contributed by atoms with E-state index in [0.717, 1.165) is 10.6 Å². The van der Waals surface area contributed by atoms with Crippen LogP contribution in [0.25, 0.3) is 10.6 Å². The van der Waals surface area contributed by atoms with Gasteiger partial charge in [0.15, 0.2) is 0 Å². The van der Waals surface area contributed by atoms with E-state index in [0.29, 0.717) is 17.1 Å². The van der Waals surface area contributed by atoms with E-state index in [1.807, 2.05) is 20.2 Å². The van der Waals surface area contributed by atoms with Crippen molar-refractivity contribution in [1.29, 1.82) is 0 Å². The summed E-state index contributed by atoms with van der Waals surface area (Å²) in [5.74, 6) is -1.51. The molecule has 0 spiro atoms. The molecule has 2 atom stereocenters. The summed E-state index contributed by atoms with van der Waals surface area (Å²) in [5.41, 5.74) is 1.54. The summed E-state index contributed by atoms with van der Waals surface area (Å²) in [6.07, 6.45) is 3.57. The topological polar surface area (TPSA) is 88.3 Å². The van der Waals surface area contributed by atoms with Crippen LogP contribution in [-0.2, 0) is 11.8 Å². The number of hydrogen-bond donors (Lipinski definition) is 1. The second kappa shape index (κ2) is 5.77. The van der Waals surface area contributed by atoms with E-state index >= 15 is 0 Å². The third-order valence-electron chi connectivity index (χ3n) is 4.16. The molecule has 0 aromatic carbocycles. The molecule has 1 N–H and O–H groups in total. The molecule has 0 radical (unpaired) electrons. The Balaban J connectivity index is 1.83. The number of carbonyl (C=O) groups excluding carboxylic acids is 1. The zero-order chi connectivity index (χ0) is 16.7. The Kier molecular flexibility index (Phi) is 3.93. The van der Waals surface area contributed by atoms with E-state index in [4.69, 9.17) is 0 Å². The molecule has 1 fully saturated rings. The monoisotopic (exact) mass is 334 g/mol. The van der Waals surface area contributed by atoms with Crippen LogP contribution in [0.5, 0.6) is 0 Å². The minimum atomic E-state index is -0.843. The van der Waals surface area contributed by atoms with Crippen LogP contribution < -0.4 is 0 Å². The molecule has 23 heavy (non-hydrogen) atoms. The lowest BCUT2D eigenvalue weighted by atomic mass is 9.99. The number of nitrogens with zero attached hydrogens (tertiary/aromatic N) is 4. The summed E-state index contributed by atoms with van der Waals surface area (Å²) in [6.45, 7) is 4.40. The minimum Gasteiger partial charge on any atom is -0.481 e.